The van der Waals surface area contributed by atoms with Crippen LogP contribution in [-0.2, 0) is 0 Å². The quantitative estimate of drug-likeness (QED) is 0.598. The van der Waals surface area contributed by atoms with Crippen LogP contribution in [0.1, 0.15) is 54.8 Å². The van der Waals surface area contributed by atoms with E-state index in [2.05, 4.69) is 70.2 Å². The fourth-order valence-corrected chi connectivity index (χ4v) is 4.43. The molecule has 2 atom stereocenters. The van der Waals surface area contributed by atoms with Gasteiger partial charge in [0.2, 0.25) is 0 Å². The summed E-state index contributed by atoms with van der Waals surface area (Å²) >= 11 is 3.65. The smallest absolute Gasteiger partial charge is 0.0545 e. The third-order valence-corrected chi connectivity index (χ3v) is 5.58. The summed E-state index contributed by atoms with van der Waals surface area (Å²) in [6.07, 6.45) is 3.93. The molecule has 0 radical (unpaired) electrons. The van der Waals surface area contributed by atoms with E-state index in [0.717, 1.165) is 0 Å². The molecule has 1 saturated heterocycles. The van der Waals surface area contributed by atoms with E-state index in [9.17, 15) is 0 Å². The number of rotatable bonds is 0. The van der Waals surface area contributed by atoms with Crippen LogP contribution in [0.3, 0.4) is 0 Å². The van der Waals surface area contributed by atoms with Crippen molar-refractivity contribution in [1.82, 2.24) is 0 Å². The molecule has 21 heavy (non-hydrogen) atoms. The molecule has 1 nitrogen and oxygen atoms in total. The van der Waals surface area contributed by atoms with E-state index in [1.165, 1.54) is 52.7 Å². The second-order valence-corrected chi connectivity index (χ2v) is 7.17. The van der Waals surface area contributed by atoms with Gasteiger partial charge in [-0.3, -0.25) is 0 Å². The molecule has 0 saturated carbocycles. The normalized spacial score (nSPS) is 23.8. The maximum Gasteiger partial charge on any atom is 0.0545 e. The van der Waals surface area contributed by atoms with Crippen LogP contribution in [0.2, 0.25) is 0 Å². The first kappa shape index (κ1) is 13.4. The van der Waals surface area contributed by atoms with E-state index in [-0.39, 0.29) is 0 Å². The van der Waals surface area contributed by atoms with Crippen molar-refractivity contribution >= 4 is 21.6 Å². The summed E-state index contributed by atoms with van der Waals surface area (Å²) in [4.78, 5) is 2.65. The molecule has 2 heteroatoms. The van der Waals surface area contributed by atoms with Gasteiger partial charge in [-0.05, 0) is 54.2 Å². The Morgan fingerprint density at radius 3 is 2.67 bits per heavy atom. The third-order valence-electron chi connectivity index (χ3n) is 5.09. The second-order valence-electron chi connectivity index (χ2n) is 6.26. The van der Waals surface area contributed by atoms with Crippen LogP contribution in [0, 0.1) is 0 Å². The minimum Gasteiger partial charge on any atom is -0.364 e. The molecule has 0 N–H and O–H groups in total. The van der Waals surface area contributed by atoms with Gasteiger partial charge in [0.05, 0.1) is 6.04 Å². The summed E-state index contributed by atoms with van der Waals surface area (Å²) in [5, 5.41) is 0. The predicted octanol–water partition coefficient (Wildman–Crippen LogP) is 5.65. The summed E-state index contributed by atoms with van der Waals surface area (Å²) in [7, 11) is 0. The van der Waals surface area contributed by atoms with Crippen molar-refractivity contribution in [2.24, 2.45) is 0 Å². The van der Waals surface area contributed by atoms with Crippen LogP contribution in [0.25, 0.3) is 0 Å². The molecule has 4 rings (SSSR count). The number of anilines is 1. The van der Waals surface area contributed by atoms with Crippen molar-refractivity contribution in [1.29, 1.82) is 0 Å². The lowest BCUT2D eigenvalue weighted by molar-refractivity contribution is 0.473. The maximum atomic E-state index is 3.65. The molecule has 0 aromatic heterocycles. The lowest BCUT2D eigenvalue weighted by atomic mass is 9.87. The number of nitrogens with zero attached hydrogens (tertiary/aromatic N) is 1. The Bertz CT molecular complexity index is 679. The average Bonchev–Trinajstić information content (AvgIpc) is 2.63. The zero-order valence-electron chi connectivity index (χ0n) is 12.3. The Balaban J connectivity index is 1.98. The minimum atomic E-state index is 0.458. The summed E-state index contributed by atoms with van der Waals surface area (Å²) in [6.45, 7) is 3.53. The van der Waals surface area contributed by atoms with Crippen LogP contribution in [-0.4, -0.2) is 6.54 Å². The van der Waals surface area contributed by atoms with Gasteiger partial charge in [0.25, 0.3) is 0 Å². The van der Waals surface area contributed by atoms with Gasteiger partial charge in [0.1, 0.15) is 0 Å². The average molecular weight is 342 g/mol. The van der Waals surface area contributed by atoms with E-state index < -0.39 is 0 Å². The Morgan fingerprint density at radius 2 is 1.81 bits per heavy atom. The van der Waals surface area contributed by atoms with Crippen molar-refractivity contribution in [3.63, 3.8) is 0 Å². The second kappa shape index (κ2) is 5.17. The number of hydrogen-bond donors (Lipinski definition) is 0. The molecule has 2 heterocycles. The highest BCUT2D eigenvalue weighted by Crippen LogP contribution is 2.46. The highest BCUT2D eigenvalue weighted by Gasteiger charge is 2.32. The Kier molecular flexibility index (Phi) is 3.30. The number of hydrogen-bond acceptors (Lipinski definition) is 1. The molecule has 2 aromatic rings. The maximum absolute atomic E-state index is 3.65. The summed E-state index contributed by atoms with van der Waals surface area (Å²) in [5.41, 5.74) is 5.94. The van der Waals surface area contributed by atoms with Crippen LogP contribution in [0.15, 0.2) is 46.9 Å². The molecule has 0 spiro atoms. The molecule has 0 amide bonds. The van der Waals surface area contributed by atoms with Gasteiger partial charge in [0.15, 0.2) is 0 Å². The van der Waals surface area contributed by atoms with Crippen LogP contribution < -0.4 is 4.90 Å². The standard InChI is InChI=1S/C19H20BrN/c1-13-15-6-2-3-7-16(15)18-8-4-5-11-21(18)19-10-9-14(20)12-17(13)19/h2-3,6-7,9-10,12-13,18H,4-5,8,11H2,1H3/t13-,18-/m0/s1. The highest BCUT2D eigenvalue weighted by molar-refractivity contribution is 9.10. The molecule has 0 aliphatic carbocycles. The van der Waals surface area contributed by atoms with E-state index in [1.807, 2.05) is 0 Å². The van der Waals surface area contributed by atoms with Crippen molar-refractivity contribution in [2.75, 3.05) is 11.4 Å². The van der Waals surface area contributed by atoms with Gasteiger partial charge in [-0.1, -0.05) is 47.1 Å². The first-order valence-corrected chi connectivity index (χ1v) is 8.70. The summed E-state index contributed by atoms with van der Waals surface area (Å²) < 4.78 is 1.18. The number of halogens is 1. The molecular weight excluding hydrogens is 322 g/mol. The van der Waals surface area contributed by atoms with E-state index in [1.54, 1.807) is 0 Å². The topological polar surface area (TPSA) is 3.24 Å². The molecular formula is C19H20BrN. The number of piperidine rings is 1. The monoisotopic (exact) mass is 341 g/mol. The van der Waals surface area contributed by atoms with Gasteiger partial charge >= 0.3 is 0 Å². The van der Waals surface area contributed by atoms with Gasteiger partial charge in [-0.2, -0.15) is 0 Å². The molecule has 108 valence electrons. The third kappa shape index (κ3) is 2.12. The zero-order chi connectivity index (χ0) is 14.4. The van der Waals surface area contributed by atoms with Crippen LogP contribution in [0.5, 0.6) is 0 Å². The van der Waals surface area contributed by atoms with Gasteiger partial charge in [-0.25, -0.2) is 0 Å². The van der Waals surface area contributed by atoms with Crippen molar-refractivity contribution in [3.05, 3.63) is 63.6 Å². The molecule has 2 aromatic carbocycles. The van der Waals surface area contributed by atoms with E-state index in [4.69, 9.17) is 0 Å². The Hall–Kier alpha value is -1.28. The summed E-state index contributed by atoms with van der Waals surface area (Å²) in [6, 6.07) is 16.4. The van der Waals surface area contributed by atoms with Gasteiger partial charge in [0, 0.05) is 22.6 Å². The number of benzene rings is 2. The largest absolute Gasteiger partial charge is 0.364 e. The first-order valence-electron chi connectivity index (χ1n) is 7.90. The lowest BCUT2D eigenvalue weighted by Gasteiger charge is -2.38. The molecule has 2 aliphatic heterocycles. The van der Waals surface area contributed by atoms with Gasteiger partial charge in [-0.15, -0.1) is 0 Å². The zero-order valence-corrected chi connectivity index (χ0v) is 13.9. The highest BCUT2D eigenvalue weighted by atomic mass is 79.9. The van der Waals surface area contributed by atoms with Crippen molar-refractivity contribution in [2.45, 2.75) is 38.1 Å². The fourth-order valence-electron chi connectivity index (χ4n) is 4.05. The molecule has 0 unspecified atom stereocenters. The number of fused-ring (bicyclic) bond motifs is 5. The van der Waals surface area contributed by atoms with Crippen LogP contribution >= 0.6 is 15.9 Å². The molecule has 1 fully saturated rings. The van der Waals surface area contributed by atoms with Crippen molar-refractivity contribution in [3.8, 4) is 0 Å². The predicted molar refractivity (Wildman–Crippen MR) is 92.0 cm³/mol. The fraction of sp³-hybridized carbons (Fsp3) is 0.368. The molecule has 0 bridgehead atoms. The lowest BCUT2D eigenvalue weighted by Crippen LogP contribution is -2.33. The summed E-state index contributed by atoms with van der Waals surface area (Å²) in [5.74, 6) is 0.458. The Labute approximate surface area is 135 Å². The minimum absolute atomic E-state index is 0.458. The SMILES string of the molecule is C[C@H]1c2ccccc2[C@@H]2CCCCN2c2ccc(Br)cc21. The van der Waals surface area contributed by atoms with E-state index in [0.29, 0.717) is 12.0 Å². The van der Waals surface area contributed by atoms with Gasteiger partial charge < -0.3 is 4.90 Å². The molecule has 2 aliphatic rings. The van der Waals surface area contributed by atoms with Crippen molar-refractivity contribution < 1.29 is 0 Å². The van der Waals surface area contributed by atoms with E-state index >= 15 is 0 Å². The Morgan fingerprint density at radius 1 is 1.00 bits per heavy atom. The van der Waals surface area contributed by atoms with Crippen LogP contribution in [0.4, 0.5) is 5.69 Å². The first-order chi connectivity index (χ1) is 10.3.